The van der Waals surface area contributed by atoms with Crippen molar-refractivity contribution in [1.29, 1.82) is 0 Å². The van der Waals surface area contributed by atoms with Crippen molar-refractivity contribution in [2.24, 2.45) is 4.99 Å². The van der Waals surface area contributed by atoms with E-state index in [1.165, 1.54) is 19.2 Å². The Kier molecular flexibility index (Phi) is 9.79. The molecule has 0 atom stereocenters. The van der Waals surface area contributed by atoms with E-state index in [2.05, 4.69) is 20.5 Å². The minimum absolute atomic E-state index is 0.0538. The van der Waals surface area contributed by atoms with Gasteiger partial charge in [0.25, 0.3) is 0 Å². The maximum atomic E-state index is 14.4. The molecule has 1 aliphatic carbocycles. The molecule has 3 N–H and O–H groups in total. The van der Waals surface area contributed by atoms with E-state index in [0.29, 0.717) is 31.0 Å². The van der Waals surface area contributed by atoms with Crippen LogP contribution >= 0.6 is 11.6 Å². The van der Waals surface area contributed by atoms with Crippen molar-refractivity contribution in [2.45, 2.75) is 82.5 Å². The Morgan fingerprint density at radius 2 is 1.84 bits per heavy atom. The smallest absolute Gasteiger partial charge is 0.247 e. The molecule has 2 aromatic rings. The molecular formula is C33H41ClF2N4O3. The average molecular weight is 615 g/mol. The first-order valence-electron chi connectivity index (χ1n) is 14.6. The molecule has 232 valence electrons. The van der Waals surface area contributed by atoms with Gasteiger partial charge in [-0.15, -0.1) is 0 Å². The van der Waals surface area contributed by atoms with E-state index in [1.54, 1.807) is 13.0 Å². The number of aliphatic imine (C=N–C) groups is 1. The number of carbonyl (C=O) groups excluding carboxylic acids is 2. The highest BCUT2D eigenvalue weighted by molar-refractivity contribution is 6.30. The summed E-state index contributed by atoms with van der Waals surface area (Å²) in [6.07, 6.45) is 4.58. The fourth-order valence-electron chi connectivity index (χ4n) is 6.03. The molecule has 2 amide bonds. The summed E-state index contributed by atoms with van der Waals surface area (Å²) >= 11 is 6.19. The van der Waals surface area contributed by atoms with E-state index in [4.69, 9.17) is 11.6 Å². The number of carbonyl (C=O) groups is 2. The van der Waals surface area contributed by atoms with Gasteiger partial charge < -0.3 is 15.7 Å². The maximum Gasteiger partial charge on any atom is 0.247 e. The van der Waals surface area contributed by atoms with Gasteiger partial charge in [0.05, 0.1) is 28.8 Å². The lowest BCUT2D eigenvalue weighted by molar-refractivity contribution is -0.131. The molecular weight excluding hydrogens is 574 g/mol. The number of halogens is 3. The average Bonchev–Trinajstić information content (AvgIpc) is 2.90. The SMILES string of the molecule is CN=C(/C=C(\C)C(=O)NC1(CC(=O)NC(C)(C)c2cccc(Cl)c2)CN(C2CCC(C)(O)CC2)C1)c1ccc(F)cc1F. The van der Waals surface area contributed by atoms with Gasteiger partial charge >= 0.3 is 0 Å². The molecule has 43 heavy (non-hydrogen) atoms. The molecule has 1 saturated carbocycles. The molecule has 0 aromatic heterocycles. The number of nitrogens with one attached hydrogen (secondary N) is 2. The number of likely N-dealkylation sites (tertiary alicyclic amines) is 1. The zero-order valence-corrected chi connectivity index (χ0v) is 26.2. The molecule has 0 unspecified atom stereocenters. The lowest BCUT2D eigenvalue weighted by Gasteiger charge is -2.55. The number of rotatable bonds is 9. The second kappa shape index (κ2) is 12.8. The maximum absolute atomic E-state index is 14.4. The summed E-state index contributed by atoms with van der Waals surface area (Å²) in [6.45, 7) is 8.20. The van der Waals surface area contributed by atoms with E-state index in [9.17, 15) is 23.5 Å². The van der Waals surface area contributed by atoms with Gasteiger partial charge in [-0.1, -0.05) is 23.7 Å². The van der Waals surface area contributed by atoms with Crippen molar-refractivity contribution in [3.05, 3.63) is 81.9 Å². The van der Waals surface area contributed by atoms with Crippen LogP contribution in [-0.2, 0) is 15.1 Å². The second-order valence-corrected chi connectivity index (χ2v) is 13.2. The Morgan fingerprint density at radius 3 is 2.44 bits per heavy atom. The Labute approximate surface area is 257 Å². The summed E-state index contributed by atoms with van der Waals surface area (Å²) in [5.74, 6) is -2.11. The predicted molar refractivity (Wildman–Crippen MR) is 165 cm³/mol. The van der Waals surface area contributed by atoms with Crippen molar-refractivity contribution in [3.8, 4) is 0 Å². The molecule has 1 saturated heterocycles. The lowest BCUT2D eigenvalue weighted by atomic mass is 9.78. The van der Waals surface area contributed by atoms with Crippen LogP contribution in [0.3, 0.4) is 0 Å². The molecule has 2 aromatic carbocycles. The highest BCUT2D eigenvalue weighted by Gasteiger charge is 2.49. The van der Waals surface area contributed by atoms with E-state index >= 15 is 0 Å². The standard InChI is InChI=1S/C33H41ClF2N4O3/c1-21(15-28(37-5)26-10-9-24(35)17-27(26)36)30(42)39-33(19-40(20-33)25-11-13-32(4,43)14-12-25)18-29(41)38-31(2,3)22-7-6-8-23(34)16-22/h6-10,15-17,25,43H,11-14,18-20H2,1-5H3,(H,38,41)(H,39,42)/b21-15+,37-28?. The zero-order chi connectivity index (χ0) is 31.6. The summed E-state index contributed by atoms with van der Waals surface area (Å²) in [4.78, 5) is 33.3. The van der Waals surface area contributed by atoms with Crippen molar-refractivity contribution in [2.75, 3.05) is 20.1 Å². The summed E-state index contributed by atoms with van der Waals surface area (Å²) in [7, 11) is 1.47. The van der Waals surface area contributed by atoms with Crippen LogP contribution in [0.5, 0.6) is 0 Å². The third-order valence-electron chi connectivity index (χ3n) is 8.60. The summed E-state index contributed by atoms with van der Waals surface area (Å²) in [6, 6.07) is 10.8. The normalized spacial score (nSPS) is 23.0. The Bertz CT molecular complexity index is 1420. The van der Waals surface area contributed by atoms with Crippen molar-refractivity contribution >= 4 is 29.1 Å². The number of hydrogen-bond acceptors (Lipinski definition) is 5. The molecule has 2 aliphatic rings. The Hall–Kier alpha value is -3.14. The van der Waals surface area contributed by atoms with Gasteiger partial charge in [-0.2, -0.15) is 0 Å². The third kappa shape index (κ3) is 8.08. The first-order valence-corrected chi connectivity index (χ1v) is 15.0. The molecule has 0 spiro atoms. The largest absolute Gasteiger partial charge is 0.390 e. The molecule has 10 heteroatoms. The van der Waals surface area contributed by atoms with Gasteiger partial charge in [-0.25, -0.2) is 8.78 Å². The molecule has 2 fully saturated rings. The summed E-state index contributed by atoms with van der Waals surface area (Å²) in [5, 5.41) is 17.2. The van der Waals surface area contributed by atoms with E-state index in [-0.39, 0.29) is 35.2 Å². The number of benzene rings is 2. The first kappa shape index (κ1) is 32.8. The minimum atomic E-state index is -0.828. The minimum Gasteiger partial charge on any atom is -0.390 e. The van der Waals surface area contributed by atoms with Crippen LogP contribution in [-0.4, -0.2) is 64.9 Å². The molecule has 7 nitrogen and oxygen atoms in total. The Balaban J connectivity index is 1.51. The fraction of sp³-hybridized carbons (Fsp3) is 0.485. The summed E-state index contributed by atoms with van der Waals surface area (Å²) < 4.78 is 27.9. The van der Waals surface area contributed by atoms with E-state index in [0.717, 1.165) is 30.5 Å². The summed E-state index contributed by atoms with van der Waals surface area (Å²) in [5.41, 5.74) is -0.785. The highest BCUT2D eigenvalue weighted by atomic mass is 35.5. The zero-order valence-electron chi connectivity index (χ0n) is 25.4. The van der Waals surface area contributed by atoms with Crippen LogP contribution in [0.15, 0.2) is 59.1 Å². The van der Waals surface area contributed by atoms with Crippen LogP contribution in [0, 0.1) is 11.6 Å². The van der Waals surface area contributed by atoms with Crippen LogP contribution in [0.1, 0.15) is 70.9 Å². The molecule has 1 heterocycles. The fourth-order valence-corrected chi connectivity index (χ4v) is 6.22. The topological polar surface area (TPSA) is 94.0 Å². The van der Waals surface area contributed by atoms with Crippen LogP contribution in [0.4, 0.5) is 8.78 Å². The lowest BCUT2D eigenvalue weighted by Crippen LogP contribution is -2.73. The van der Waals surface area contributed by atoms with E-state index < -0.39 is 34.2 Å². The molecule has 0 radical (unpaired) electrons. The van der Waals surface area contributed by atoms with Gasteiger partial charge in [0.2, 0.25) is 11.8 Å². The molecule has 1 aliphatic heterocycles. The van der Waals surface area contributed by atoms with Crippen LogP contribution < -0.4 is 10.6 Å². The number of hydrogen-bond donors (Lipinski definition) is 3. The predicted octanol–water partition coefficient (Wildman–Crippen LogP) is 5.29. The quantitative estimate of drug-likeness (QED) is 0.264. The monoisotopic (exact) mass is 614 g/mol. The number of allylic oxidation sites excluding steroid dienone is 1. The molecule has 4 rings (SSSR count). The van der Waals surface area contributed by atoms with Crippen molar-refractivity contribution in [3.63, 3.8) is 0 Å². The Morgan fingerprint density at radius 1 is 1.16 bits per heavy atom. The number of aliphatic hydroxyl groups is 1. The van der Waals surface area contributed by atoms with Crippen LogP contribution in [0.2, 0.25) is 5.02 Å². The molecule has 0 bridgehead atoms. The highest BCUT2D eigenvalue weighted by Crippen LogP contribution is 2.36. The van der Waals surface area contributed by atoms with Gasteiger partial charge in [0, 0.05) is 48.4 Å². The third-order valence-corrected chi connectivity index (χ3v) is 8.83. The van der Waals surface area contributed by atoms with Crippen molar-refractivity contribution in [1.82, 2.24) is 15.5 Å². The first-order chi connectivity index (χ1) is 20.1. The van der Waals surface area contributed by atoms with Gasteiger partial charge in [0.15, 0.2) is 0 Å². The van der Waals surface area contributed by atoms with Crippen LogP contribution in [0.25, 0.3) is 0 Å². The van der Waals surface area contributed by atoms with Gasteiger partial charge in [0.1, 0.15) is 11.6 Å². The van der Waals surface area contributed by atoms with Gasteiger partial charge in [-0.3, -0.25) is 19.5 Å². The number of nitrogens with zero attached hydrogens (tertiary/aromatic N) is 2. The number of amides is 2. The van der Waals surface area contributed by atoms with Crippen molar-refractivity contribution < 1.29 is 23.5 Å². The van der Waals surface area contributed by atoms with E-state index in [1.807, 2.05) is 39.0 Å². The van der Waals surface area contributed by atoms with Gasteiger partial charge in [-0.05, 0) is 89.3 Å². The second-order valence-electron chi connectivity index (χ2n) is 12.8.